The molecule has 0 atom stereocenters. The molecule has 0 bridgehead atoms. The highest BCUT2D eigenvalue weighted by Gasteiger charge is 2.03. The van der Waals surface area contributed by atoms with E-state index in [1.807, 2.05) is 13.2 Å². The molecule has 0 radical (unpaired) electrons. The predicted molar refractivity (Wildman–Crippen MR) is 59.1 cm³/mol. The first-order valence-corrected chi connectivity index (χ1v) is 5.44. The van der Waals surface area contributed by atoms with Crippen molar-refractivity contribution < 1.29 is 0 Å². The molecule has 0 saturated heterocycles. The zero-order valence-corrected chi connectivity index (χ0v) is 9.37. The van der Waals surface area contributed by atoms with E-state index in [1.165, 1.54) is 4.88 Å². The second-order valence-electron chi connectivity index (χ2n) is 2.52. The normalized spacial score (nSPS) is 10.3. The van der Waals surface area contributed by atoms with Crippen LogP contribution in [0.2, 0.25) is 0 Å². The number of hydrogen-bond acceptors (Lipinski definition) is 3. The van der Waals surface area contributed by atoms with Gasteiger partial charge in [0.05, 0.1) is 16.8 Å². The van der Waals surface area contributed by atoms with E-state index in [1.54, 1.807) is 11.3 Å². The molecule has 0 spiro atoms. The zero-order valence-electron chi connectivity index (χ0n) is 6.97. The van der Waals surface area contributed by atoms with Gasteiger partial charge < -0.3 is 10.3 Å². The fraction of sp³-hybridized carbons (Fsp3) is 0.125. The van der Waals surface area contributed by atoms with Crippen molar-refractivity contribution in [3.05, 3.63) is 22.1 Å². The molecule has 0 aromatic carbocycles. The van der Waals surface area contributed by atoms with E-state index < -0.39 is 0 Å². The van der Waals surface area contributed by atoms with E-state index >= 15 is 0 Å². The molecule has 2 aromatic heterocycles. The summed E-state index contributed by atoms with van der Waals surface area (Å²) >= 11 is 5.09. The third kappa shape index (κ3) is 1.76. The highest BCUT2D eigenvalue weighted by Crippen LogP contribution is 2.28. The average Bonchev–Trinajstić information content (AvgIpc) is 2.71. The van der Waals surface area contributed by atoms with Crippen LogP contribution in [0.25, 0.3) is 10.6 Å². The van der Waals surface area contributed by atoms with Crippen LogP contribution in [-0.4, -0.2) is 17.0 Å². The minimum absolute atomic E-state index is 0.791. The molecule has 3 nitrogen and oxygen atoms in total. The van der Waals surface area contributed by atoms with Crippen LogP contribution in [0.15, 0.2) is 22.1 Å². The first kappa shape index (κ1) is 8.77. The number of aromatic nitrogens is 2. The number of thiophene rings is 1. The van der Waals surface area contributed by atoms with Crippen molar-refractivity contribution in [3.63, 3.8) is 0 Å². The highest BCUT2D eigenvalue weighted by atomic mass is 79.9. The molecule has 68 valence electrons. The Bertz CT molecular complexity index is 407. The molecule has 2 rings (SSSR count). The van der Waals surface area contributed by atoms with E-state index in [2.05, 4.69) is 42.7 Å². The minimum atomic E-state index is 0.791. The van der Waals surface area contributed by atoms with Gasteiger partial charge in [-0.3, -0.25) is 0 Å². The van der Waals surface area contributed by atoms with Gasteiger partial charge in [0.2, 0.25) is 0 Å². The smallest absolute Gasteiger partial charge is 0.200 e. The molecule has 0 amide bonds. The number of nitrogens with one attached hydrogen (secondary N) is 2. The zero-order chi connectivity index (χ0) is 9.26. The van der Waals surface area contributed by atoms with E-state index in [4.69, 9.17) is 0 Å². The first-order chi connectivity index (χ1) is 6.29. The Morgan fingerprint density at radius 2 is 2.46 bits per heavy atom. The summed E-state index contributed by atoms with van der Waals surface area (Å²) in [4.78, 5) is 8.49. The van der Waals surface area contributed by atoms with Gasteiger partial charge in [-0.05, 0) is 22.0 Å². The maximum absolute atomic E-state index is 4.15. The standard InChI is InChI=1S/C8H8BrN3S/c1-10-8-11-3-6(12-8)7-2-5(9)4-13-7/h2-4H,1H3,(H2,10,11,12). The van der Waals surface area contributed by atoms with Crippen LogP contribution in [0, 0.1) is 0 Å². The Balaban J connectivity index is 2.35. The van der Waals surface area contributed by atoms with Gasteiger partial charge in [-0.2, -0.15) is 0 Å². The summed E-state index contributed by atoms with van der Waals surface area (Å²) < 4.78 is 1.10. The number of rotatable bonds is 2. The summed E-state index contributed by atoms with van der Waals surface area (Å²) in [6.45, 7) is 0. The molecule has 0 aliphatic rings. The predicted octanol–water partition coefficient (Wildman–Crippen LogP) is 2.94. The van der Waals surface area contributed by atoms with Crippen molar-refractivity contribution in [2.75, 3.05) is 12.4 Å². The summed E-state index contributed by atoms with van der Waals surface area (Å²) in [7, 11) is 1.84. The Morgan fingerprint density at radius 1 is 1.62 bits per heavy atom. The number of halogens is 1. The molecule has 0 aliphatic heterocycles. The highest BCUT2D eigenvalue weighted by molar-refractivity contribution is 9.10. The Kier molecular flexibility index (Phi) is 2.37. The molecule has 2 aromatic rings. The van der Waals surface area contributed by atoms with Gasteiger partial charge in [0.15, 0.2) is 5.95 Å². The fourth-order valence-electron chi connectivity index (χ4n) is 1.03. The molecule has 2 heterocycles. The number of anilines is 1. The van der Waals surface area contributed by atoms with Gasteiger partial charge >= 0.3 is 0 Å². The largest absolute Gasteiger partial charge is 0.359 e. The number of aromatic amines is 1. The molecule has 2 N–H and O–H groups in total. The molecule has 0 unspecified atom stereocenters. The number of nitrogens with zero attached hydrogens (tertiary/aromatic N) is 1. The van der Waals surface area contributed by atoms with Crippen LogP contribution in [0.5, 0.6) is 0 Å². The second kappa shape index (κ2) is 3.51. The quantitative estimate of drug-likeness (QED) is 0.869. The van der Waals surface area contributed by atoms with Crippen molar-refractivity contribution in [2.24, 2.45) is 0 Å². The van der Waals surface area contributed by atoms with Crippen LogP contribution >= 0.6 is 27.3 Å². The number of imidazole rings is 1. The van der Waals surface area contributed by atoms with Crippen LogP contribution in [-0.2, 0) is 0 Å². The van der Waals surface area contributed by atoms with Crippen LogP contribution < -0.4 is 5.32 Å². The SMILES string of the molecule is CNc1ncc(-c2cc(Br)cs2)[nH]1. The summed E-state index contributed by atoms with van der Waals surface area (Å²) in [6.07, 6.45) is 1.82. The molecule has 13 heavy (non-hydrogen) atoms. The summed E-state index contributed by atoms with van der Waals surface area (Å²) in [5.74, 6) is 0.791. The molecule has 5 heteroatoms. The first-order valence-electron chi connectivity index (χ1n) is 3.77. The van der Waals surface area contributed by atoms with Gasteiger partial charge in [-0.1, -0.05) is 0 Å². The third-order valence-electron chi connectivity index (χ3n) is 1.65. The topological polar surface area (TPSA) is 40.7 Å². The lowest BCUT2D eigenvalue weighted by Crippen LogP contribution is -1.88. The van der Waals surface area contributed by atoms with E-state index in [0.717, 1.165) is 16.1 Å². The van der Waals surface area contributed by atoms with Gasteiger partial charge in [-0.25, -0.2) is 4.98 Å². The lowest BCUT2D eigenvalue weighted by atomic mass is 10.4. The van der Waals surface area contributed by atoms with Crippen LogP contribution in [0.1, 0.15) is 0 Å². The van der Waals surface area contributed by atoms with Crippen molar-refractivity contribution in [1.82, 2.24) is 9.97 Å². The molecule has 0 fully saturated rings. The summed E-state index contributed by atoms with van der Waals surface area (Å²) in [5, 5.41) is 5.00. The summed E-state index contributed by atoms with van der Waals surface area (Å²) in [5.41, 5.74) is 1.04. The van der Waals surface area contributed by atoms with Crippen molar-refractivity contribution in [2.45, 2.75) is 0 Å². The number of hydrogen-bond donors (Lipinski definition) is 2. The second-order valence-corrected chi connectivity index (χ2v) is 4.35. The van der Waals surface area contributed by atoms with Crippen LogP contribution in [0.3, 0.4) is 0 Å². The molecular formula is C8H8BrN3S. The number of H-pyrrole nitrogens is 1. The molecular weight excluding hydrogens is 250 g/mol. The maximum Gasteiger partial charge on any atom is 0.200 e. The lowest BCUT2D eigenvalue weighted by molar-refractivity contribution is 1.26. The molecule has 0 saturated carbocycles. The van der Waals surface area contributed by atoms with Crippen molar-refractivity contribution in [1.29, 1.82) is 0 Å². The lowest BCUT2D eigenvalue weighted by Gasteiger charge is -1.90. The van der Waals surface area contributed by atoms with E-state index in [9.17, 15) is 0 Å². The van der Waals surface area contributed by atoms with Crippen molar-refractivity contribution in [3.8, 4) is 10.6 Å². The monoisotopic (exact) mass is 257 g/mol. The van der Waals surface area contributed by atoms with Crippen LogP contribution in [0.4, 0.5) is 5.95 Å². The Labute approximate surface area is 88.3 Å². The maximum atomic E-state index is 4.15. The van der Waals surface area contributed by atoms with Gasteiger partial charge in [-0.15, -0.1) is 11.3 Å². The minimum Gasteiger partial charge on any atom is -0.359 e. The fourth-order valence-corrected chi connectivity index (χ4v) is 2.42. The Hall–Kier alpha value is -0.810. The van der Waals surface area contributed by atoms with Gasteiger partial charge in [0.1, 0.15) is 0 Å². The van der Waals surface area contributed by atoms with Gasteiger partial charge in [0.25, 0.3) is 0 Å². The average molecular weight is 258 g/mol. The van der Waals surface area contributed by atoms with E-state index in [0.29, 0.717) is 0 Å². The molecule has 0 aliphatic carbocycles. The van der Waals surface area contributed by atoms with Gasteiger partial charge in [0, 0.05) is 16.9 Å². The summed E-state index contributed by atoms with van der Waals surface area (Å²) in [6, 6.07) is 2.07. The Morgan fingerprint density at radius 3 is 3.00 bits per heavy atom. The van der Waals surface area contributed by atoms with E-state index in [-0.39, 0.29) is 0 Å². The third-order valence-corrected chi connectivity index (χ3v) is 3.37. The van der Waals surface area contributed by atoms with Crippen molar-refractivity contribution >= 4 is 33.2 Å².